The summed E-state index contributed by atoms with van der Waals surface area (Å²) in [6, 6.07) is 0.381. The van der Waals surface area contributed by atoms with Crippen LogP contribution in [0.2, 0.25) is 0 Å². The molecular formula is C21H41N5O2. The van der Waals surface area contributed by atoms with Gasteiger partial charge in [-0.15, -0.1) is 0 Å². The molecule has 0 radical (unpaired) electrons. The van der Waals surface area contributed by atoms with E-state index in [9.17, 15) is 4.79 Å². The van der Waals surface area contributed by atoms with Gasteiger partial charge in [0, 0.05) is 58.3 Å². The first-order valence-corrected chi connectivity index (χ1v) is 11.1. The summed E-state index contributed by atoms with van der Waals surface area (Å²) in [5.74, 6) is 1.95. The largest absolute Gasteiger partial charge is 0.379 e. The Labute approximate surface area is 171 Å². The van der Waals surface area contributed by atoms with E-state index in [1.165, 1.54) is 0 Å². The molecule has 0 aromatic carbocycles. The molecule has 1 amide bonds. The van der Waals surface area contributed by atoms with Crippen LogP contribution in [0.1, 0.15) is 46.5 Å². The van der Waals surface area contributed by atoms with Crippen LogP contribution in [0, 0.1) is 11.8 Å². The van der Waals surface area contributed by atoms with E-state index in [2.05, 4.69) is 46.2 Å². The Balaban J connectivity index is 1.68. The minimum Gasteiger partial charge on any atom is -0.379 e. The van der Waals surface area contributed by atoms with Gasteiger partial charge in [0.25, 0.3) is 0 Å². The third kappa shape index (κ3) is 7.24. The topological polar surface area (TPSA) is 69.2 Å². The quantitative estimate of drug-likeness (QED) is 0.482. The average Bonchev–Trinajstić information content (AvgIpc) is 2.73. The third-order valence-corrected chi connectivity index (χ3v) is 6.00. The molecule has 2 fully saturated rings. The van der Waals surface area contributed by atoms with Gasteiger partial charge in [0.05, 0.1) is 13.2 Å². The van der Waals surface area contributed by atoms with Gasteiger partial charge in [0.1, 0.15) is 0 Å². The predicted octanol–water partition coefficient (Wildman–Crippen LogP) is 1.55. The summed E-state index contributed by atoms with van der Waals surface area (Å²) in [5.41, 5.74) is 0. The normalized spacial score (nSPS) is 21.0. The van der Waals surface area contributed by atoms with E-state index in [-0.39, 0.29) is 5.92 Å². The maximum absolute atomic E-state index is 12.5. The van der Waals surface area contributed by atoms with Crippen molar-refractivity contribution in [1.29, 1.82) is 0 Å². The second kappa shape index (κ2) is 12.3. The second-order valence-electron chi connectivity index (χ2n) is 8.23. The summed E-state index contributed by atoms with van der Waals surface area (Å²) in [7, 11) is 1.83. The van der Waals surface area contributed by atoms with Gasteiger partial charge in [-0.05, 0) is 31.6 Å². The number of carbonyl (C=O) groups excluding carboxylic acids is 1. The average molecular weight is 396 g/mol. The smallest absolute Gasteiger partial charge is 0.225 e. The van der Waals surface area contributed by atoms with Gasteiger partial charge < -0.3 is 20.3 Å². The molecule has 2 rings (SSSR count). The Morgan fingerprint density at radius 2 is 1.79 bits per heavy atom. The lowest BCUT2D eigenvalue weighted by Crippen LogP contribution is -2.51. The van der Waals surface area contributed by atoms with Gasteiger partial charge in [-0.3, -0.25) is 14.7 Å². The van der Waals surface area contributed by atoms with Crippen molar-refractivity contribution in [2.45, 2.75) is 52.5 Å². The van der Waals surface area contributed by atoms with E-state index in [1.807, 2.05) is 7.05 Å². The third-order valence-electron chi connectivity index (χ3n) is 6.00. The van der Waals surface area contributed by atoms with Crippen molar-refractivity contribution in [3.63, 3.8) is 0 Å². The van der Waals surface area contributed by atoms with Gasteiger partial charge >= 0.3 is 0 Å². The Kier molecular flexibility index (Phi) is 10.1. The Bertz CT molecular complexity index is 481. The van der Waals surface area contributed by atoms with Crippen LogP contribution in [0.15, 0.2) is 4.99 Å². The summed E-state index contributed by atoms with van der Waals surface area (Å²) in [6.07, 6.45) is 3.84. The van der Waals surface area contributed by atoms with E-state index in [1.54, 1.807) is 0 Å². The fraction of sp³-hybridized carbons (Fsp3) is 0.905. The molecule has 2 saturated heterocycles. The van der Waals surface area contributed by atoms with E-state index in [4.69, 9.17) is 4.74 Å². The highest BCUT2D eigenvalue weighted by Gasteiger charge is 2.26. The molecule has 0 aromatic rings. The number of rotatable bonds is 8. The number of guanidine groups is 1. The summed E-state index contributed by atoms with van der Waals surface area (Å²) in [5, 5.41) is 7.03. The number of aliphatic imine (C=N–C) groups is 1. The zero-order valence-corrected chi connectivity index (χ0v) is 18.4. The molecule has 28 heavy (non-hydrogen) atoms. The van der Waals surface area contributed by atoms with Gasteiger partial charge in [0.2, 0.25) is 5.91 Å². The molecule has 2 aliphatic heterocycles. The number of carbonyl (C=O) groups is 1. The van der Waals surface area contributed by atoms with Crippen LogP contribution in [0.4, 0.5) is 0 Å². The van der Waals surface area contributed by atoms with Crippen LogP contribution in [0.5, 0.6) is 0 Å². The molecule has 2 heterocycles. The molecule has 1 atom stereocenters. The molecule has 0 saturated carbocycles. The number of ether oxygens (including phenoxy) is 1. The van der Waals surface area contributed by atoms with E-state index < -0.39 is 0 Å². The van der Waals surface area contributed by atoms with Crippen LogP contribution >= 0.6 is 0 Å². The highest BCUT2D eigenvalue weighted by molar-refractivity contribution is 5.80. The molecule has 0 spiro atoms. The predicted molar refractivity (Wildman–Crippen MR) is 115 cm³/mol. The maximum Gasteiger partial charge on any atom is 0.225 e. The molecule has 7 heteroatoms. The van der Waals surface area contributed by atoms with Crippen LogP contribution in [0.3, 0.4) is 0 Å². The molecule has 162 valence electrons. The second-order valence-corrected chi connectivity index (χ2v) is 8.23. The lowest BCUT2D eigenvalue weighted by atomic mass is 9.98. The zero-order chi connectivity index (χ0) is 20.4. The van der Waals surface area contributed by atoms with Gasteiger partial charge in [-0.1, -0.05) is 20.8 Å². The standard InChI is InChI=1S/C21H41N5O2/c1-5-18(6-2)20(27)26-9-7-19(8-10-26)24-21(22-4)23-15-17(3)16-25-11-13-28-14-12-25/h17-19H,5-16H2,1-4H3,(H2,22,23,24). The first-order chi connectivity index (χ1) is 13.6. The van der Waals surface area contributed by atoms with Crippen molar-refractivity contribution in [1.82, 2.24) is 20.4 Å². The van der Waals surface area contributed by atoms with Gasteiger partial charge in [0.15, 0.2) is 5.96 Å². The lowest BCUT2D eigenvalue weighted by molar-refractivity contribution is -0.136. The van der Waals surface area contributed by atoms with Crippen LogP contribution in [0.25, 0.3) is 0 Å². The number of hydrogen-bond donors (Lipinski definition) is 2. The number of nitrogens with zero attached hydrogens (tertiary/aromatic N) is 3. The maximum atomic E-state index is 12.5. The van der Waals surface area contributed by atoms with Crippen molar-refractivity contribution in [3.8, 4) is 0 Å². The molecule has 1 unspecified atom stereocenters. The number of piperidine rings is 1. The summed E-state index contributed by atoms with van der Waals surface area (Å²) in [6.45, 7) is 13.9. The Hall–Kier alpha value is -1.34. The van der Waals surface area contributed by atoms with E-state index in [0.717, 1.165) is 84.1 Å². The molecule has 0 aromatic heterocycles. The number of morpholine rings is 1. The first-order valence-electron chi connectivity index (χ1n) is 11.1. The van der Waals surface area contributed by atoms with Crippen LogP contribution < -0.4 is 10.6 Å². The molecular weight excluding hydrogens is 354 g/mol. The SMILES string of the molecule is CCC(CC)C(=O)N1CCC(NC(=NC)NCC(C)CN2CCOCC2)CC1. The van der Waals surface area contributed by atoms with Gasteiger partial charge in [-0.25, -0.2) is 0 Å². The van der Waals surface area contributed by atoms with E-state index >= 15 is 0 Å². The first kappa shape index (κ1) is 22.9. The highest BCUT2D eigenvalue weighted by Crippen LogP contribution is 2.17. The summed E-state index contributed by atoms with van der Waals surface area (Å²) in [4.78, 5) is 21.5. The minimum atomic E-state index is 0.187. The Morgan fingerprint density at radius 1 is 1.14 bits per heavy atom. The van der Waals surface area contributed by atoms with Crippen molar-refractivity contribution in [2.75, 3.05) is 59.5 Å². The zero-order valence-electron chi connectivity index (χ0n) is 18.4. The fourth-order valence-corrected chi connectivity index (χ4v) is 4.09. The van der Waals surface area contributed by atoms with Crippen molar-refractivity contribution in [3.05, 3.63) is 0 Å². The van der Waals surface area contributed by atoms with Crippen molar-refractivity contribution in [2.24, 2.45) is 16.8 Å². The Morgan fingerprint density at radius 3 is 2.36 bits per heavy atom. The number of amides is 1. The summed E-state index contributed by atoms with van der Waals surface area (Å²) >= 11 is 0. The van der Waals surface area contributed by atoms with Crippen LogP contribution in [-0.4, -0.2) is 87.2 Å². The lowest BCUT2D eigenvalue weighted by Gasteiger charge is -2.35. The van der Waals surface area contributed by atoms with E-state index in [0.29, 0.717) is 17.9 Å². The number of nitrogens with one attached hydrogen (secondary N) is 2. The monoisotopic (exact) mass is 395 g/mol. The van der Waals surface area contributed by atoms with Gasteiger partial charge in [-0.2, -0.15) is 0 Å². The minimum absolute atomic E-state index is 0.187. The highest BCUT2D eigenvalue weighted by atomic mass is 16.5. The van der Waals surface area contributed by atoms with Crippen molar-refractivity contribution < 1.29 is 9.53 Å². The molecule has 0 bridgehead atoms. The number of likely N-dealkylation sites (tertiary alicyclic amines) is 1. The van der Waals surface area contributed by atoms with Crippen LogP contribution in [-0.2, 0) is 9.53 Å². The fourth-order valence-electron chi connectivity index (χ4n) is 4.09. The molecule has 2 N–H and O–H groups in total. The summed E-state index contributed by atoms with van der Waals surface area (Å²) < 4.78 is 5.42. The molecule has 7 nitrogen and oxygen atoms in total. The number of hydrogen-bond acceptors (Lipinski definition) is 4. The van der Waals surface area contributed by atoms with Crippen molar-refractivity contribution >= 4 is 11.9 Å². The molecule has 0 aliphatic carbocycles. The molecule has 2 aliphatic rings.